The quantitative estimate of drug-likeness (QED) is 0.316. The SMILES string of the molecule is CC[N+](C)(CC)CCSC1=Nc2ccccc2N=C(c2ccc(SC3CCCCC3)cc2)C1.[I-]. The second-order valence-corrected chi connectivity index (χ2v) is 12.0. The van der Waals surface area contributed by atoms with Gasteiger partial charge >= 0.3 is 0 Å². The van der Waals surface area contributed by atoms with Crippen molar-refractivity contribution in [3.8, 4) is 0 Å². The number of para-hydroxylation sites is 2. The van der Waals surface area contributed by atoms with Crippen LogP contribution in [-0.4, -0.2) is 52.9 Å². The topological polar surface area (TPSA) is 24.7 Å². The van der Waals surface area contributed by atoms with Gasteiger partial charge in [-0.1, -0.05) is 43.5 Å². The number of rotatable bonds is 8. The molecule has 6 heteroatoms. The number of thioether (sulfide) groups is 2. The van der Waals surface area contributed by atoms with Gasteiger partial charge in [-0.2, -0.15) is 0 Å². The molecule has 1 saturated carbocycles. The van der Waals surface area contributed by atoms with E-state index in [9.17, 15) is 0 Å². The normalized spacial score (nSPS) is 16.7. The minimum atomic E-state index is 0. The second kappa shape index (κ2) is 13.5. The molecule has 184 valence electrons. The van der Waals surface area contributed by atoms with Crippen LogP contribution in [0.5, 0.6) is 0 Å². The van der Waals surface area contributed by atoms with Crippen molar-refractivity contribution in [1.29, 1.82) is 0 Å². The highest BCUT2D eigenvalue weighted by molar-refractivity contribution is 8.14. The molecule has 0 N–H and O–H groups in total. The van der Waals surface area contributed by atoms with Crippen LogP contribution in [0.15, 0.2) is 63.4 Å². The molecule has 0 atom stereocenters. The summed E-state index contributed by atoms with van der Waals surface area (Å²) in [7, 11) is 2.35. The first-order valence-corrected chi connectivity index (χ1v) is 14.4. The van der Waals surface area contributed by atoms with Crippen LogP contribution in [0.2, 0.25) is 0 Å². The van der Waals surface area contributed by atoms with Gasteiger partial charge in [0, 0.05) is 22.3 Å². The monoisotopic (exact) mass is 607 g/mol. The molecule has 0 radical (unpaired) electrons. The lowest BCUT2D eigenvalue weighted by atomic mass is 10.0. The minimum Gasteiger partial charge on any atom is -1.00 e. The molecule has 2 aromatic rings. The van der Waals surface area contributed by atoms with Crippen molar-refractivity contribution in [2.45, 2.75) is 62.5 Å². The van der Waals surface area contributed by atoms with Crippen molar-refractivity contribution in [3.05, 3.63) is 54.1 Å². The standard InChI is InChI=1S/C28H38N3S2.HI/c1-4-31(3,5-2)19-20-32-28-21-27(29-25-13-9-10-14-26(25)30-28)22-15-17-24(18-16-22)33-23-11-7-6-8-12-23;/h9-10,13-18,23H,4-8,11-12,19-21H2,1-3H3;1H/q+1;/p-1. The molecule has 0 aromatic heterocycles. The average molecular weight is 608 g/mol. The Morgan fingerprint density at radius 2 is 1.53 bits per heavy atom. The zero-order chi connectivity index (χ0) is 23.1. The Bertz CT molecular complexity index is 977. The van der Waals surface area contributed by atoms with Crippen molar-refractivity contribution in [1.82, 2.24) is 0 Å². The third-order valence-corrected chi connectivity index (χ3v) is 9.47. The van der Waals surface area contributed by atoms with Gasteiger partial charge in [-0.3, -0.25) is 4.99 Å². The summed E-state index contributed by atoms with van der Waals surface area (Å²) >= 11 is 3.97. The van der Waals surface area contributed by atoms with Crippen molar-refractivity contribution < 1.29 is 28.5 Å². The molecule has 1 heterocycles. The van der Waals surface area contributed by atoms with Gasteiger partial charge in [0.15, 0.2) is 0 Å². The Labute approximate surface area is 231 Å². The molecule has 0 saturated heterocycles. The fraction of sp³-hybridized carbons (Fsp3) is 0.500. The van der Waals surface area contributed by atoms with Crippen molar-refractivity contribution in [2.24, 2.45) is 9.98 Å². The van der Waals surface area contributed by atoms with Crippen LogP contribution >= 0.6 is 23.5 Å². The number of benzene rings is 2. The molecule has 34 heavy (non-hydrogen) atoms. The number of hydrogen-bond donors (Lipinski definition) is 0. The van der Waals surface area contributed by atoms with E-state index in [0.717, 1.165) is 45.5 Å². The number of halogens is 1. The summed E-state index contributed by atoms with van der Waals surface area (Å²) in [5.41, 5.74) is 4.31. The summed E-state index contributed by atoms with van der Waals surface area (Å²) in [6.45, 7) is 8.08. The molecule has 1 aliphatic heterocycles. The van der Waals surface area contributed by atoms with Crippen LogP contribution in [0.3, 0.4) is 0 Å². The highest BCUT2D eigenvalue weighted by Gasteiger charge is 2.20. The molecule has 1 fully saturated rings. The number of quaternary nitrogens is 1. The first kappa shape index (κ1) is 27.8. The molecular weight excluding hydrogens is 569 g/mol. The summed E-state index contributed by atoms with van der Waals surface area (Å²) in [5.74, 6) is 1.09. The second-order valence-electron chi connectivity index (χ2n) is 9.46. The molecule has 1 aliphatic carbocycles. The van der Waals surface area contributed by atoms with Gasteiger partial charge < -0.3 is 28.5 Å². The molecule has 0 unspecified atom stereocenters. The zero-order valence-corrected chi connectivity index (χ0v) is 24.6. The fourth-order valence-corrected chi connectivity index (χ4v) is 6.85. The van der Waals surface area contributed by atoms with Crippen LogP contribution in [0.4, 0.5) is 11.4 Å². The predicted octanol–water partition coefficient (Wildman–Crippen LogP) is 4.89. The van der Waals surface area contributed by atoms with Gasteiger partial charge in [-0.15, -0.1) is 23.5 Å². The Morgan fingerprint density at radius 1 is 0.882 bits per heavy atom. The third kappa shape index (κ3) is 7.58. The Morgan fingerprint density at radius 3 is 2.18 bits per heavy atom. The van der Waals surface area contributed by atoms with Gasteiger partial charge in [-0.05, 0) is 56.5 Å². The number of nitrogens with zero attached hydrogens (tertiary/aromatic N) is 3. The van der Waals surface area contributed by atoms with E-state index < -0.39 is 0 Å². The maximum atomic E-state index is 5.07. The molecule has 0 spiro atoms. The summed E-state index contributed by atoms with van der Waals surface area (Å²) in [4.78, 5) is 11.5. The number of aliphatic imine (C=N–C) groups is 2. The maximum absolute atomic E-state index is 5.07. The molecule has 0 amide bonds. The Kier molecular flexibility index (Phi) is 11.0. The highest BCUT2D eigenvalue weighted by Crippen LogP contribution is 2.35. The van der Waals surface area contributed by atoms with Gasteiger partial charge in [-0.25, -0.2) is 4.99 Å². The average Bonchev–Trinajstić information content (AvgIpc) is 3.04. The van der Waals surface area contributed by atoms with Crippen LogP contribution in [-0.2, 0) is 0 Å². The summed E-state index contributed by atoms with van der Waals surface area (Å²) in [6.07, 6.45) is 7.72. The number of hydrogen-bond acceptors (Lipinski definition) is 4. The lowest BCUT2D eigenvalue weighted by molar-refractivity contribution is -0.903. The van der Waals surface area contributed by atoms with E-state index in [1.807, 2.05) is 11.8 Å². The van der Waals surface area contributed by atoms with Crippen molar-refractivity contribution in [3.63, 3.8) is 0 Å². The molecule has 4 rings (SSSR count). The van der Waals surface area contributed by atoms with E-state index in [2.05, 4.69) is 81.2 Å². The lowest BCUT2D eigenvalue weighted by Gasteiger charge is -2.31. The smallest absolute Gasteiger partial charge is 0.0896 e. The lowest BCUT2D eigenvalue weighted by Crippen LogP contribution is -3.00. The van der Waals surface area contributed by atoms with E-state index in [4.69, 9.17) is 9.98 Å². The van der Waals surface area contributed by atoms with E-state index in [0.29, 0.717) is 0 Å². The van der Waals surface area contributed by atoms with E-state index in [1.165, 1.54) is 60.7 Å². The predicted molar refractivity (Wildman–Crippen MR) is 148 cm³/mol. The molecule has 0 bridgehead atoms. The first-order valence-electron chi connectivity index (χ1n) is 12.6. The van der Waals surface area contributed by atoms with E-state index >= 15 is 0 Å². The summed E-state index contributed by atoms with van der Waals surface area (Å²) in [6, 6.07) is 17.4. The molecular formula is C28H38IN3S2. The van der Waals surface area contributed by atoms with Gasteiger partial charge in [0.05, 0.1) is 48.8 Å². The van der Waals surface area contributed by atoms with Crippen molar-refractivity contribution >= 4 is 45.7 Å². The first-order chi connectivity index (χ1) is 16.1. The molecule has 3 nitrogen and oxygen atoms in total. The fourth-order valence-electron chi connectivity index (χ4n) is 4.43. The van der Waals surface area contributed by atoms with Crippen LogP contribution in [0, 0.1) is 0 Å². The van der Waals surface area contributed by atoms with Crippen LogP contribution in [0.1, 0.15) is 57.9 Å². The Balaban J connectivity index is 0.00000324. The molecule has 2 aromatic carbocycles. The Hall–Kier alpha value is -0.830. The van der Waals surface area contributed by atoms with E-state index in [-0.39, 0.29) is 24.0 Å². The van der Waals surface area contributed by atoms with Gasteiger partial charge in [0.1, 0.15) is 0 Å². The maximum Gasteiger partial charge on any atom is 0.0896 e. The summed E-state index contributed by atoms with van der Waals surface area (Å²) in [5, 5.41) is 1.97. The minimum absolute atomic E-state index is 0. The third-order valence-electron chi connectivity index (χ3n) is 7.17. The van der Waals surface area contributed by atoms with Crippen molar-refractivity contribution in [2.75, 3.05) is 32.4 Å². The van der Waals surface area contributed by atoms with Gasteiger partial charge in [0.25, 0.3) is 0 Å². The van der Waals surface area contributed by atoms with Crippen LogP contribution in [0.25, 0.3) is 0 Å². The highest BCUT2D eigenvalue weighted by atomic mass is 127. The van der Waals surface area contributed by atoms with Gasteiger partial charge in [0.2, 0.25) is 0 Å². The largest absolute Gasteiger partial charge is 1.00 e. The number of fused-ring (bicyclic) bond motifs is 1. The molecule has 2 aliphatic rings. The van der Waals surface area contributed by atoms with E-state index in [1.54, 1.807) is 0 Å². The summed E-state index contributed by atoms with van der Waals surface area (Å²) < 4.78 is 1.11. The zero-order valence-electron chi connectivity index (χ0n) is 20.8. The van der Waals surface area contributed by atoms with Crippen LogP contribution < -0.4 is 24.0 Å².